The molecule has 1 N–H and O–H groups in total. The van der Waals surface area contributed by atoms with Gasteiger partial charge in [-0.15, -0.1) is 0 Å². The fourth-order valence-corrected chi connectivity index (χ4v) is 5.83. The molecule has 0 unspecified atom stereocenters. The number of nitrogens with one attached hydrogen (secondary N) is 1. The van der Waals surface area contributed by atoms with Crippen LogP contribution in [0.5, 0.6) is 0 Å². The second-order valence-corrected chi connectivity index (χ2v) is 9.50. The Morgan fingerprint density at radius 3 is 2.62 bits per heavy atom. The number of carbonyl (C=O) groups excluding carboxylic acids is 1. The fourth-order valence-electron chi connectivity index (χ4n) is 4.93. The van der Waals surface area contributed by atoms with Crippen molar-refractivity contribution in [2.24, 2.45) is 12.0 Å². The molecule has 9 heteroatoms. The maximum Gasteiger partial charge on any atom is 0.246 e. The molecule has 2 saturated heterocycles. The summed E-state index contributed by atoms with van der Waals surface area (Å²) in [6.07, 6.45) is 8.78. The molecule has 4 rings (SSSR count). The summed E-state index contributed by atoms with van der Waals surface area (Å²) in [4.78, 5) is 23.9. The highest BCUT2D eigenvalue weighted by atomic mass is 32.2. The Kier molecular flexibility index (Phi) is 6.34. The molecule has 1 saturated carbocycles. The maximum atomic E-state index is 12.8. The summed E-state index contributed by atoms with van der Waals surface area (Å²) in [6.45, 7) is 5.07. The van der Waals surface area contributed by atoms with Crippen molar-refractivity contribution in [2.75, 3.05) is 62.7 Å². The molecule has 0 spiro atoms. The van der Waals surface area contributed by atoms with E-state index in [1.165, 1.54) is 50.3 Å². The van der Waals surface area contributed by atoms with Gasteiger partial charge in [-0.1, -0.05) is 12.8 Å². The average Bonchev–Trinajstić information content (AvgIpc) is 3.39. The van der Waals surface area contributed by atoms with Gasteiger partial charge in [-0.3, -0.25) is 19.4 Å². The van der Waals surface area contributed by atoms with E-state index in [-0.39, 0.29) is 11.4 Å². The SMILES string of the molecule is CN=C(NCC1(N2CCSCC2)CCCC1)N1CCN(c2cnn(C)c2)C(=O)C1. The number of guanidine groups is 1. The highest BCUT2D eigenvalue weighted by Crippen LogP contribution is 2.36. The highest BCUT2D eigenvalue weighted by molar-refractivity contribution is 7.99. The second-order valence-electron chi connectivity index (χ2n) is 8.27. The van der Waals surface area contributed by atoms with E-state index in [4.69, 9.17) is 0 Å². The number of aliphatic imine (C=N–C) groups is 1. The van der Waals surface area contributed by atoms with Gasteiger partial charge in [0.1, 0.15) is 6.54 Å². The Morgan fingerprint density at radius 1 is 1.24 bits per heavy atom. The first kappa shape index (κ1) is 20.5. The second kappa shape index (κ2) is 8.95. The summed E-state index contributed by atoms with van der Waals surface area (Å²) in [7, 11) is 3.69. The van der Waals surface area contributed by atoms with E-state index in [1.54, 1.807) is 10.9 Å². The minimum absolute atomic E-state index is 0.0934. The molecule has 1 aromatic heterocycles. The van der Waals surface area contributed by atoms with Crippen LogP contribution in [0, 0.1) is 0 Å². The molecular weight excluding hydrogens is 386 g/mol. The van der Waals surface area contributed by atoms with Crippen molar-refractivity contribution in [3.8, 4) is 0 Å². The molecule has 0 bridgehead atoms. The Bertz CT molecular complexity index is 737. The number of thioether (sulfide) groups is 1. The lowest BCUT2D eigenvalue weighted by Crippen LogP contribution is -2.60. The van der Waals surface area contributed by atoms with Crippen LogP contribution in [0.1, 0.15) is 25.7 Å². The standard InChI is InChI=1S/C20H33N7OS/c1-21-19(22-16-20(5-3-4-6-20)26-9-11-29-12-10-26)25-7-8-27(18(28)15-25)17-13-23-24(2)14-17/h13-14H,3-12,15-16H2,1-2H3,(H,21,22). The van der Waals surface area contributed by atoms with Crippen molar-refractivity contribution in [2.45, 2.75) is 31.2 Å². The van der Waals surface area contributed by atoms with Crippen molar-refractivity contribution < 1.29 is 4.79 Å². The van der Waals surface area contributed by atoms with Gasteiger partial charge >= 0.3 is 0 Å². The monoisotopic (exact) mass is 419 g/mol. The van der Waals surface area contributed by atoms with Crippen LogP contribution in [0.25, 0.3) is 0 Å². The molecule has 1 amide bonds. The molecule has 0 aromatic carbocycles. The molecule has 160 valence electrons. The third kappa shape index (κ3) is 4.40. The number of hydrogen-bond acceptors (Lipinski definition) is 5. The number of piperazine rings is 1. The molecule has 8 nitrogen and oxygen atoms in total. The summed E-state index contributed by atoms with van der Waals surface area (Å²) in [5.74, 6) is 3.42. The summed E-state index contributed by atoms with van der Waals surface area (Å²) in [5.41, 5.74) is 1.12. The Balaban J connectivity index is 1.37. The van der Waals surface area contributed by atoms with Crippen LogP contribution >= 0.6 is 11.8 Å². The number of amides is 1. The number of rotatable bonds is 4. The van der Waals surface area contributed by atoms with Gasteiger partial charge in [0.2, 0.25) is 5.91 Å². The third-order valence-electron chi connectivity index (χ3n) is 6.53. The van der Waals surface area contributed by atoms with Gasteiger partial charge < -0.3 is 15.1 Å². The van der Waals surface area contributed by atoms with E-state index in [0.29, 0.717) is 13.1 Å². The van der Waals surface area contributed by atoms with Crippen LogP contribution < -0.4 is 10.2 Å². The van der Waals surface area contributed by atoms with Crippen LogP contribution in [0.15, 0.2) is 17.4 Å². The zero-order valence-corrected chi connectivity index (χ0v) is 18.5. The number of nitrogens with zero attached hydrogens (tertiary/aromatic N) is 6. The van der Waals surface area contributed by atoms with Crippen LogP contribution in [0.2, 0.25) is 0 Å². The smallest absolute Gasteiger partial charge is 0.246 e. The lowest BCUT2D eigenvalue weighted by atomic mass is 9.94. The number of aryl methyl sites for hydroxylation is 1. The average molecular weight is 420 g/mol. The maximum absolute atomic E-state index is 12.8. The predicted molar refractivity (Wildman–Crippen MR) is 119 cm³/mol. The molecule has 29 heavy (non-hydrogen) atoms. The normalized spacial score (nSPS) is 23.7. The fraction of sp³-hybridized carbons (Fsp3) is 0.750. The quantitative estimate of drug-likeness (QED) is 0.580. The first-order chi connectivity index (χ1) is 14.1. The van der Waals surface area contributed by atoms with Gasteiger partial charge in [0.25, 0.3) is 0 Å². The van der Waals surface area contributed by atoms with Gasteiger partial charge in [0.15, 0.2) is 5.96 Å². The molecule has 3 heterocycles. The number of hydrogen-bond donors (Lipinski definition) is 1. The first-order valence-corrected chi connectivity index (χ1v) is 11.8. The van der Waals surface area contributed by atoms with E-state index >= 15 is 0 Å². The van der Waals surface area contributed by atoms with Gasteiger partial charge in [-0.25, -0.2) is 0 Å². The van der Waals surface area contributed by atoms with Crippen molar-refractivity contribution in [3.05, 3.63) is 12.4 Å². The van der Waals surface area contributed by atoms with E-state index in [1.807, 2.05) is 25.2 Å². The van der Waals surface area contributed by atoms with Crippen LogP contribution in [-0.4, -0.2) is 94.8 Å². The molecule has 0 atom stereocenters. The van der Waals surface area contributed by atoms with Gasteiger partial charge in [-0.2, -0.15) is 16.9 Å². The minimum Gasteiger partial charge on any atom is -0.354 e. The highest BCUT2D eigenvalue weighted by Gasteiger charge is 2.40. The van der Waals surface area contributed by atoms with Gasteiger partial charge in [0.05, 0.1) is 11.9 Å². The van der Waals surface area contributed by atoms with E-state index in [9.17, 15) is 4.79 Å². The summed E-state index contributed by atoms with van der Waals surface area (Å²) in [6, 6.07) is 0. The molecule has 0 radical (unpaired) electrons. The summed E-state index contributed by atoms with van der Waals surface area (Å²) >= 11 is 2.07. The molecule has 2 aliphatic heterocycles. The van der Waals surface area contributed by atoms with Crippen LogP contribution in [0.3, 0.4) is 0 Å². The van der Waals surface area contributed by atoms with Crippen LogP contribution in [0.4, 0.5) is 5.69 Å². The van der Waals surface area contributed by atoms with Crippen molar-refractivity contribution in [1.29, 1.82) is 0 Å². The lowest BCUT2D eigenvalue weighted by Gasteiger charge is -2.44. The zero-order chi connectivity index (χ0) is 20.3. The predicted octanol–water partition coefficient (Wildman–Crippen LogP) is 1.01. The molecule has 1 aliphatic carbocycles. The Labute approximate surface area is 177 Å². The topological polar surface area (TPSA) is 69.0 Å². The number of anilines is 1. The van der Waals surface area contributed by atoms with Crippen molar-refractivity contribution in [3.63, 3.8) is 0 Å². The van der Waals surface area contributed by atoms with Gasteiger partial charge in [-0.05, 0) is 12.8 Å². The minimum atomic E-state index is 0.0934. The summed E-state index contributed by atoms with van der Waals surface area (Å²) in [5, 5.41) is 7.83. The van der Waals surface area contributed by atoms with Crippen LogP contribution in [-0.2, 0) is 11.8 Å². The Morgan fingerprint density at radius 2 is 2.00 bits per heavy atom. The molecule has 1 aromatic rings. The molecule has 3 fully saturated rings. The molecular formula is C20H33N7OS. The number of aromatic nitrogens is 2. The lowest BCUT2D eigenvalue weighted by molar-refractivity contribution is -0.120. The van der Waals surface area contributed by atoms with Gasteiger partial charge in [0, 0.05) is 70.1 Å². The van der Waals surface area contributed by atoms with E-state index in [0.717, 1.165) is 24.7 Å². The molecule has 3 aliphatic rings. The Hall–Kier alpha value is -1.74. The number of carbonyl (C=O) groups is 1. The van der Waals surface area contributed by atoms with Crippen molar-refractivity contribution in [1.82, 2.24) is 24.9 Å². The largest absolute Gasteiger partial charge is 0.354 e. The zero-order valence-electron chi connectivity index (χ0n) is 17.6. The summed E-state index contributed by atoms with van der Waals surface area (Å²) < 4.78 is 1.73. The first-order valence-electron chi connectivity index (χ1n) is 10.7. The van der Waals surface area contributed by atoms with E-state index in [2.05, 4.69) is 37.0 Å². The third-order valence-corrected chi connectivity index (χ3v) is 7.47. The van der Waals surface area contributed by atoms with Crippen molar-refractivity contribution >= 4 is 29.3 Å². The van der Waals surface area contributed by atoms with E-state index < -0.39 is 0 Å².